The fraction of sp³-hybridized carbons (Fsp3) is 0.333. The second kappa shape index (κ2) is 5.14. The lowest BCUT2D eigenvalue weighted by molar-refractivity contribution is 0.793. The molecule has 0 aromatic carbocycles. The number of thiophene rings is 1. The lowest BCUT2D eigenvalue weighted by atomic mass is 10.2. The topological polar surface area (TPSA) is 63.8 Å². The Morgan fingerprint density at radius 1 is 1.35 bits per heavy atom. The van der Waals surface area contributed by atoms with E-state index in [-0.39, 0.29) is 0 Å². The Morgan fingerprint density at radius 2 is 2.18 bits per heavy atom. The number of hydrogen-bond acceptors (Lipinski definition) is 5. The number of anilines is 2. The van der Waals surface area contributed by atoms with Gasteiger partial charge in [0.1, 0.15) is 11.6 Å². The number of rotatable bonds is 4. The van der Waals surface area contributed by atoms with Crippen molar-refractivity contribution in [3.8, 4) is 0 Å². The van der Waals surface area contributed by atoms with Crippen molar-refractivity contribution < 1.29 is 0 Å². The zero-order valence-corrected chi connectivity index (χ0v) is 10.8. The van der Waals surface area contributed by atoms with Crippen molar-refractivity contribution in [2.24, 2.45) is 0 Å². The van der Waals surface area contributed by atoms with Crippen LogP contribution in [0, 0.1) is 6.92 Å². The Balaban J connectivity index is 1.93. The highest BCUT2D eigenvalue weighted by Gasteiger charge is 2.06. The Morgan fingerprint density at radius 3 is 2.76 bits per heavy atom. The molecule has 0 aliphatic carbocycles. The summed E-state index contributed by atoms with van der Waals surface area (Å²) in [7, 11) is 0. The first-order valence-corrected chi connectivity index (χ1v) is 6.34. The van der Waals surface area contributed by atoms with Crippen molar-refractivity contribution in [3.63, 3.8) is 0 Å². The summed E-state index contributed by atoms with van der Waals surface area (Å²) in [6.07, 6.45) is 4.21. The van der Waals surface area contributed by atoms with Crippen molar-refractivity contribution in [1.29, 1.82) is 0 Å². The van der Waals surface area contributed by atoms with E-state index in [2.05, 4.69) is 41.3 Å². The standard InChI is InChI=1S/C12H16N4S/c1-8(5-10-4-3-9(2)17-10)16-12-7-14-11(13)6-15-12/h3-4,6-8H,5H2,1-2H3,(H2,13,14)(H,15,16). The highest BCUT2D eigenvalue weighted by atomic mass is 32.1. The molecule has 1 unspecified atom stereocenters. The monoisotopic (exact) mass is 248 g/mol. The van der Waals surface area contributed by atoms with Crippen molar-refractivity contribution in [3.05, 3.63) is 34.3 Å². The molecule has 90 valence electrons. The fourth-order valence-corrected chi connectivity index (χ4v) is 2.63. The highest BCUT2D eigenvalue weighted by Crippen LogP contribution is 2.17. The molecule has 4 nitrogen and oxygen atoms in total. The molecule has 0 aliphatic rings. The third-order valence-corrected chi connectivity index (χ3v) is 3.39. The summed E-state index contributed by atoms with van der Waals surface area (Å²) in [4.78, 5) is 10.9. The molecule has 3 N–H and O–H groups in total. The summed E-state index contributed by atoms with van der Waals surface area (Å²) in [6.45, 7) is 4.25. The van der Waals surface area contributed by atoms with E-state index in [1.807, 2.05) is 11.3 Å². The van der Waals surface area contributed by atoms with Crippen LogP contribution >= 0.6 is 11.3 Å². The second-order valence-corrected chi connectivity index (χ2v) is 5.46. The van der Waals surface area contributed by atoms with Gasteiger partial charge in [-0.25, -0.2) is 9.97 Å². The molecule has 0 aliphatic heterocycles. The summed E-state index contributed by atoms with van der Waals surface area (Å²) in [6, 6.07) is 4.65. The first kappa shape index (κ1) is 11.9. The third kappa shape index (κ3) is 3.42. The van der Waals surface area contributed by atoms with Crippen LogP contribution in [0.4, 0.5) is 11.6 Å². The molecular weight excluding hydrogens is 232 g/mol. The van der Waals surface area contributed by atoms with Gasteiger partial charge in [-0.2, -0.15) is 0 Å². The van der Waals surface area contributed by atoms with Gasteiger partial charge in [0.25, 0.3) is 0 Å². The van der Waals surface area contributed by atoms with Gasteiger partial charge in [0.05, 0.1) is 12.4 Å². The molecule has 0 fully saturated rings. The van der Waals surface area contributed by atoms with Crippen molar-refractivity contribution in [2.45, 2.75) is 26.3 Å². The van der Waals surface area contributed by atoms with Gasteiger partial charge in [-0.15, -0.1) is 11.3 Å². The first-order chi connectivity index (χ1) is 8.13. The van der Waals surface area contributed by atoms with E-state index in [9.17, 15) is 0 Å². The Kier molecular flexibility index (Phi) is 3.58. The number of aryl methyl sites for hydroxylation is 1. The van der Waals surface area contributed by atoms with E-state index in [4.69, 9.17) is 5.73 Å². The first-order valence-electron chi connectivity index (χ1n) is 5.53. The Hall–Kier alpha value is -1.62. The smallest absolute Gasteiger partial charge is 0.144 e. The van der Waals surface area contributed by atoms with Gasteiger partial charge < -0.3 is 11.1 Å². The van der Waals surface area contributed by atoms with Gasteiger partial charge >= 0.3 is 0 Å². The lowest BCUT2D eigenvalue weighted by Crippen LogP contribution is -2.18. The number of hydrogen-bond donors (Lipinski definition) is 2. The second-order valence-electron chi connectivity index (χ2n) is 4.09. The van der Waals surface area contributed by atoms with Crippen LogP contribution in [0.5, 0.6) is 0 Å². The van der Waals surface area contributed by atoms with E-state index in [1.165, 1.54) is 9.75 Å². The zero-order valence-electron chi connectivity index (χ0n) is 9.97. The van der Waals surface area contributed by atoms with Crippen LogP contribution in [0.2, 0.25) is 0 Å². The van der Waals surface area contributed by atoms with Crippen molar-refractivity contribution in [1.82, 2.24) is 9.97 Å². The molecule has 5 heteroatoms. The van der Waals surface area contributed by atoms with Crippen LogP contribution < -0.4 is 11.1 Å². The molecule has 1 atom stereocenters. The van der Waals surface area contributed by atoms with Gasteiger partial charge in [0, 0.05) is 22.2 Å². The molecule has 0 spiro atoms. The minimum absolute atomic E-state index is 0.325. The highest BCUT2D eigenvalue weighted by molar-refractivity contribution is 7.11. The predicted molar refractivity (Wildman–Crippen MR) is 72.3 cm³/mol. The summed E-state index contributed by atoms with van der Waals surface area (Å²) in [5.74, 6) is 1.21. The van der Waals surface area contributed by atoms with E-state index in [1.54, 1.807) is 12.4 Å². The molecular formula is C12H16N4S. The van der Waals surface area contributed by atoms with E-state index < -0.39 is 0 Å². The van der Waals surface area contributed by atoms with E-state index in [0.29, 0.717) is 11.9 Å². The molecule has 2 heterocycles. The molecule has 0 bridgehead atoms. The van der Waals surface area contributed by atoms with Crippen molar-refractivity contribution >= 4 is 23.0 Å². The SMILES string of the molecule is Cc1ccc(CC(C)Nc2cnc(N)cn2)s1. The largest absolute Gasteiger partial charge is 0.382 e. The number of nitrogen functional groups attached to an aromatic ring is 1. The quantitative estimate of drug-likeness (QED) is 0.872. The zero-order chi connectivity index (χ0) is 12.3. The van der Waals surface area contributed by atoms with Crippen LogP contribution in [-0.4, -0.2) is 16.0 Å². The third-order valence-electron chi connectivity index (χ3n) is 2.37. The van der Waals surface area contributed by atoms with Gasteiger partial charge in [-0.3, -0.25) is 0 Å². The average molecular weight is 248 g/mol. The predicted octanol–water partition coefficient (Wildman–Crippen LogP) is 2.47. The van der Waals surface area contributed by atoms with Gasteiger partial charge in [-0.1, -0.05) is 0 Å². The average Bonchev–Trinajstić information content (AvgIpc) is 2.67. The maximum Gasteiger partial charge on any atom is 0.144 e. The van der Waals surface area contributed by atoms with Crippen LogP contribution in [-0.2, 0) is 6.42 Å². The number of nitrogens with one attached hydrogen (secondary N) is 1. The lowest BCUT2D eigenvalue weighted by Gasteiger charge is -2.13. The summed E-state index contributed by atoms with van der Waals surface area (Å²) in [5, 5.41) is 3.30. The molecule has 0 saturated carbocycles. The number of aromatic nitrogens is 2. The number of nitrogens with zero attached hydrogens (tertiary/aromatic N) is 2. The maximum absolute atomic E-state index is 5.48. The fourth-order valence-electron chi connectivity index (χ4n) is 1.61. The van der Waals surface area contributed by atoms with E-state index in [0.717, 1.165) is 12.2 Å². The van der Waals surface area contributed by atoms with E-state index >= 15 is 0 Å². The minimum atomic E-state index is 0.325. The normalized spacial score (nSPS) is 12.4. The molecule has 2 aromatic rings. The molecule has 17 heavy (non-hydrogen) atoms. The molecule has 0 saturated heterocycles. The van der Waals surface area contributed by atoms with Crippen molar-refractivity contribution in [2.75, 3.05) is 11.1 Å². The molecule has 0 radical (unpaired) electrons. The number of nitrogens with two attached hydrogens (primary N) is 1. The van der Waals surface area contributed by atoms with Gasteiger partial charge in [0.2, 0.25) is 0 Å². The summed E-state index contributed by atoms with van der Waals surface area (Å²) < 4.78 is 0. The summed E-state index contributed by atoms with van der Waals surface area (Å²) in [5.41, 5.74) is 5.48. The molecule has 2 aromatic heterocycles. The summed E-state index contributed by atoms with van der Waals surface area (Å²) >= 11 is 1.83. The Bertz CT molecular complexity index is 478. The molecule has 2 rings (SSSR count). The minimum Gasteiger partial charge on any atom is -0.382 e. The van der Waals surface area contributed by atoms with Crippen LogP contribution in [0.15, 0.2) is 24.5 Å². The van der Waals surface area contributed by atoms with Gasteiger partial charge in [-0.05, 0) is 26.0 Å². The Labute approximate surface area is 105 Å². The van der Waals surface area contributed by atoms with Crippen LogP contribution in [0.1, 0.15) is 16.7 Å². The van der Waals surface area contributed by atoms with Crippen LogP contribution in [0.3, 0.4) is 0 Å². The molecule has 0 amide bonds. The van der Waals surface area contributed by atoms with Crippen LogP contribution in [0.25, 0.3) is 0 Å². The van der Waals surface area contributed by atoms with Gasteiger partial charge in [0.15, 0.2) is 0 Å². The maximum atomic E-state index is 5.48.